The number of nitrogens with one attached hydrogen (secondary N) is 1. The van der Waals surface area contributed by atoms with Gasteiger partial charge >= 0.3 is 5.97 Å². The summed E-state index contributed by atoms with van der Waals surface area (Å²) in [6.07, 6.45) is 0.868. The van der Waals surface area contributed by atoms with Gasteiger partial charge in [0.05, 0.1) is 28.9 Å². The van der Waals surface area contributed by atoms with E-state index in [1.54, 1.807) is 24.4 Å². The molecule has 0 bridgehead atoms. The van der Waals surface area contributed by atoms with Gasteiger partial charge in [-0.25, -0.2) is 22.2 Å². The van der Waals surface area contributed by atoms with E-state index < -0.39 is 50.5 Å². The Hall–Kier alpha value is -3.38. The van der Waals surface area contributed by atoms with Crippen LogP contribution >= 0.6 is 11.3 Å². The number of halogens is 2. The first-order valence-electron chi connectivity index (χ1n) is 12.0. The lowest BCUT2D eigenvalue weighted by Crippen LogP contribution is -2.29. The number of aromatic nitrogens is 1. The quantitative estimate of drug-likeness (QED) is 0.345. The fraction of sp³-hybridized carbons (Fsp3) is 0.346. The van der Waals surface area contributed by atoms with Gasteiger partial charge in [0.1, 0.15) is 5.82 Å². The van der Waals surface area contributed by atoms with Crippen LogP contribution in [0.3, 0.4) is 0 Å². The highest BCUT2D eigenvalue weighted by molar-refractivity contribution is 7.92. The molecule has 1 N–H and O–H groups in total. The standard InChI is InChI=1S/C26H26F2N2O6S2/c1-2-35-23(31)14-17-15-37-26(29-17)30-25(32)24(36-21-12-11-16(27)13-20(21)28)19-9-5-6-10-22(19)38(33,34)18-7-3-4-8-18/h5-6,9-13,15,18,24H,2-4,7-8,14H2,1H3,(H,29,30,32). The molecular weight excluding hydrogens is 538 g/mol. The van der Waals surface area contributed by atoms with E-state index in [4.69, 9.17) is 9.47 Å². The molecule has 1 atom stereocenters. The Morgan fingerprint density at radius 3 is 2.61 bits per heavy atom. The van der Waals surface area contributed by atoms with Crippen molar-refractivity contribution < 1.29 is 36.3 Å². The van der Waals surface area contributed by atoms with Crippen molar-refractivity contribution in [3.8, 4) is 5.75 Å². The lowest BCUT2D eigenvalue weighted by atomic mass is 10.1. The van der Waals surface area contributed by atoms with Crippen LogP contribution in [-0.4, -0.2) is 37.1 Å². The highest BCUT2D eigenvalue weighted by atomic mass is 32.2. The molecule has 8 nitrogen and oxygen atoms in total. The summed E-state index contributed by atoms with van der Waals surface area (Å²) in [5.74, 6) is -3.61. The van der Waals surface area contributed by atoms with Crippen LogP contribution in [0, 0.1) is 11.6 Å². The van der Waals surface area contributed by atoms with Crippen LogP contribution in [0.5, 0.6) is 5.75 Å². The molecule has 3 aromatic rings. The summed E-state index contributed by atoms with van der Waals surface area (Å²) in [4.78, 5) is 29.4. The largest absolute Gasteiger partial charge is 0.473 e. The lowest BCUT2D eigenvalue weighted by Gasteiger charge is -2.22. The number of anilines is 1. The third-order valence-corrected chi connectivity index (χ3v) is 9.18. The molecule has 0 spiro atoms. The van der Waals surface area contributed by atoms with E-state index in [0.29, 0.717) is 24.6 Å². The van der Waals surface area contributed by atoms with E-state index in [1.165, 1.54) is 12.1 Å². The maximum atomic E-state index is 14.5. The average Bonchev–Trinajstić information content (AvgIpc) is 3.57. The molecule has 1 aliphatic rings. The molecule has 1 aliphatic carbocycles. The summed E-state index contributed by atoms with van der Waals surface area (Å²) >= 11 is 1.04. The zero-order chi connectivity index (χ0) is 27.3. The molecule has 202 valence electrons. The van der Waals surface area contributed by atoms with Crippen LogP contribution in [0.1, 0.15) is 50.0 Å². The van der Waals surface area contributed by atoms with Gasteiger partial charge in [0, 0.05) is 17.0 Å². The third kappa shape index (κ3) is 6.36. The van der Waals surface area contributed by atoms with Gasteiger partial charge in [0.15, 0.2) is 26.5 Å². The second-order valence-corrected chi connectivity index (χ2v) is 11.7. The monoisotopic (exact) mass is 564 g/mol. The summed E-state index contributed by atoms with van der Waals surface area (Å²) in [6, 6.07) is 8.52. The molecule has 4 rings (SSSR count). The number of ether oxygens (including phenoxy) is 2. The highest BCUT2D eigenvalue weighted by Gasteiger charge is 2.36. The number of amides is 1. The Labute approximate surface area is 222 Å². The summed E-state index contributed by atoms with van der Waals surface area (Å²) in [6.45, 7) is 1.90. The second kappa shape index (κ2) is 12.0. The maximum Gasteiger partial charge on any atom is 0.311 e. The number of nitrogens with zero attached hydrogens (tertiary/aromatic N) is 1. The minimum absolute atomic E-state index is 0.0175. The predicted molar refractivity (Wildman–Crippen MR) is 137 cm³/mol. The minimum atomic E-state index is -3.82. The first-order chi connectivity index (χ1) is 18.2. The van der Waals surface area contributed by atoms with E-state index in [9.17, 15) is 26.8 Å². The molecule has 0 aliphatic heterocycles. The lowest BCUT2D eigenvalue weighted by molar-refractivity contribution is -0.142. The van der Waals surface area contributed by atoms with Crippen molar-refractivity contribution in [2.75, 3.05) is 11.9 Å². The average molecular weight is 565 g/mol. The molecule has 1 aromatic heterocycles. The van der Waals surface area contributed by atoms with Gasteiger partial charge in [-0.1, -0.05) is 31.0 Å². The number of carbonyl (C=O) groups is 2. The fourth-order valence-electron chi connectivity index (χ4n) is 4.27. The molecule has 12 heteroatoms. The van der Waals surface area contributed by atoms with Crippen molar-refractivity contribution in [3.63, 3.8) is 0 Å². The SMILES string of the molecule is CCOC(=O)Cc1csc(NC(=O)C(Oc2ccc(F)cc2F)c2ccccc2S(=O)(=O)C2CCCC2)n1. The molecule has 1 saturated carbocycles. The molecule has 1 unspecified atom stereocenters. The van der Waals surface area contributed by atoms with Crippen molar-refractivity contribution in [3.05, 3.63) is 70.7 Å². The van der Waals surface area contributed by atoms with E-state index >= 15 is 0 Å². The van der Waals surface area contributed by atoms with Gasteiger partial charge < -0.3 is 9.47 Å². The second-order valence-electron chi connectivity index (χ2n) is 8.68. The van der Waals surface area contributed by atoms with E-state index in [0.717, 1.165) is 36.3 Å². The van der Waals surface area contributed by atoms with Gasteiger partial charge in [-0.05, 0) is 38.0 Å². The van der Waals surface area contributed by atoms with Crippen molar-refractivity contribution in [2.24, 2.45) is 0 Å². The summed E-state index contributed by atoms with van der Waals surface area (Å²) < 4.78 is 65.6. The van der Waals surface area contributed by atoms with Crippen molar-refractivity contribution in [1.82, 2.24) is 4.98 Å². The first-order valence-corrected chi connectivity index (χ1v) is 14.5. The van der Waals surface area contributed by atoms with Gasteiger partial charge in [-0.15, -0.1) is 11.3 Å². The number of esters is 1. The van der Waals surface area contributed by atoms with Gasteiger partial charge in [-0.2, -0.15) is 0 Å². The maximum absolute atomic E-state index is 14.5. The van der Waals surface area contributed by atoms with Crippen LogP contribution < -0.4 is 10.1 Å². The van der Waals surface area contributed by atoms with Crippen molar-refractivity contribution >= 4 is 38.2 Å². The van der Waals surface area contributed by atoms with E-state index in [-0.39, 0.29) is 28.6 Å². The molecule has 0 radical (unpaired) electrons. The van der Waals surface area contributed by atoms with Gasteiger partial charge in [0.25, 0.3) is 5.91 Å². The summed E-state index contributed by atoms with van der Waals surface area (Å²) in [5.41, 5.74) is 0.388. The Bertz CT molecular complexity index is 1420. The Kier molecular flexibility index (Phi) is 8.72. The first kappa shape index (κ1) is 27.6. The normalized spacial score (nSPS) is 14.7. The van der Waals surface area contributed by atoms with Crippen LogP contribution in [0.2, 0.25) is 0 Å². The number of hydrogen-bond acceptors (Lipinski definition) is 8. The summed E-state index contributed by atoms with van der Waals surface area (Å²) in [7, 11) is -3.82. The number of hydrogen-bond donors (Lipinski definition) is 1. The van der Waals surface area contributed by atoms with E-state index in [2.05, 4.69) is 10.3 Å². The van der Waals surface area contributed by atoms with Gasteiger partial charge in [-0.3, -0.25) is 14.9 Å². The topological polar surface area (TPSA) is 112 Å². The molecule has 1 heterocycles. The fourth-order valence-corrected chi connectivity index (χ4v) is 7.06. The summed E-state index contributed by atoms with van der Waals surface area (Å²) in [5, 5.41) is 3.66. The smallest absolute Gasteiger partial charge is 0.311 e. The Morgan fingerprint density at radius 1 is 1.16 bits per heavy atom. The number of sulfone groups is 1. The van der Waals surface area contributed by atoms with Crippen LogP contribution in [0.15, 0.2) is 52.7 Å². The van der Waals surface area contributed by atoms with Gasteiger partial charge in [0.2, 0.25) is 6.10 Å². The number of thiazole rings is 1. The Balaban J connectivity index is 1.68. The zero-order valence-corrected chi connectivity index (χ0v) is 22.1. The molecule has 1 fully saturated rings. The molecule has 0 saturated heterocycles. The number of benzene rings is 2. The molecule has 2 aromatic carbocycles. The highest BCUT2D eigenvalue weighted by Crippen LogP contribution is 2.35. The van der Waals surface area contributed by atoms with Crippen LogP contribution in [0.4, 0.5) is 13.9 Å². The van der Waals surface area contributed by atoms with Crippen LogP contribution in [0.25, 0.3) is 0 Å². The number of rotatable bonds is 10. The minimum Gasteiger partial charge on any atom is -0.473 e. The Morgan fingerprint density at radius 2 is 1.89 bits per heavy atom. The third-order valence-electron chi connectivity index (χ3n) is 6.04. The van der Waals surface area contributed by atoms with Crippen LogP contribution in [-0.2, 0) is 30.6 Å². The molecule has 38 heavy (non-hydrogen) atoms. The molecular formula is C26H26F2N2O6S2. The zero-order valence-electron chi connectivity index (χ0n) is 20.5. The van der Waals surface area contributed by atoms with Crippen molar-refractivity contribution in [1.29, 1.82) is 0 Å². The molecule has 1 amide bonds. The predicted octanol–water partition coefficient (Wildman–Crippen LogP) is 5.00. The number of carbonyl (C=O) groups excluding carboxylic acids is 2. The van der Waals surface area contributed by atoms with E-state index in [1.807, 2.05) is 0 Å². The van der Waals surface area contributed by atoms with Crippen molar-refractivity contribution in [2.45, 2.75) is 55.3 Å².